The standard InChI is InChI=1S/C20H28FN5O.HI/c1-4-22-20(23-10-16-11-24-26(3)12-16)25-14(2)17-7-8-19(18(21)9-17)27-13-15-5-6-15;/h7-9,11-12,14-15H,4-6,10,13H2,1-3H3,(H2,22,23,25);1H. The number of aromatic nitrogens is 2. The minimum absolute atomic E-state index is 0. The van der Waals surface area contributed by atoms with E-state index in [0.717, 1.165) is 17.7 Å². The van der Waals surface area contributed by atoms with Crippen molar-refractivity contribution < 1.29 is 9.13 Å². The number of nitrogens with zero attached hydrogens (tertiary/aromatic N) is 3. The average molecular weight is 501 g/mol. The second-order valence-electron chi connectivity index (χ2n) is 7.03. The van der Waals surface area contributed by atoms with Crippen LogP contribution in [0.4, 0.5) is 4.39 Å². The lowest BCUT2D eigenvalue weighted by molar-refractivity contribution is 0.285. The summed E-state index contributed by atoms with van der Waals surface area (Å²) in [4.78, 5) is 4.58. The van der Waals surface area contributed by atoms with Gasteiger partial charge in [0.05, 0.1) is 25.4 Å². The van der Waals surface area contributed by atoms with Crippen molar-refractivity contribution in [3.05, 3.63) is 47.5 Å². The Labute approximate surface area is 183 Å². The monoisotopic (exact) mass is 501 g/mol. The first-order valence-corrected chi connectivity index (χ1v) is 9.49. The molecule has 0 aliphatic heterocycles. The van der Waals surface area contributed by atoms with Crippen LogP contribution in [-0.2, 0) is 13.6 Å². The van der Waals surface area contributed by atoms with Crippen LogP contribution in [0.15, 0.2) is 35.6 Å². The Balaban J connectivity index is 0.00000280. The van der Waals surface area contributed by atoms with Crippen molar-refractivity contribution in [2.45, 2.75) is 39.3 Å². The molecule has 0 spiro atoms. The predicted octanol–water partition coefficient (Wildman–Crippen LogP) is 3.78. The predicted molar refractivity (Wildman–Crippen MR) is 120 cm³/mol. The number of rotatable bonds is 8. The van der Waals surface area contributed by atoms with Gasteiger partial charge in [-0.2, -0.15) is 5.10 Å². The summed E-state index contributed by atoms with van der Waals surface area (Å²) in [6.45, 7) is 5.87. The van der Waals surface area contributed by atoms with Crippen LogP contribution in [0.5, 0.6) is 5.75 Å². The number of ether oxygens (including phenoxy) is 1. The van der Waals surface area contributed by atoms with Gasteiger partial charge in [0.15, 0.2) is 17.5 Å². The first kappa shape index (κ1) is 22.4. The second-order valence-corrected chi connectivity index (χ2v) is 7.03. The molecule has 1 saturated carbocycles. The van der Waals surface area contributed by atoms with E-state index in [-0.39, 0.29) is 35.8 Å². The van der Waals surface area contributed by atoms with Gasteiger partial charge >= 0.3 is 0 Å². The van der Waals surface area contributed by atoms with Crippen molar-refractivity contribution in [2.24, 2.45) is 18.0 Å². The second kappa shape index (κ2) is 10.6. The molecular weight excluding hydrogens is 472 g/mol. The van der Waals surface area contributed by atoms with Crippen molar-refractivity contribution >= 4 is 29.9 Å². The van der Waals surface area contributed by atoms with Crippen LogP contribution in [0.25, 0.3) is 0 Å². The Kier molecular flexibility index (Phi) is 8.53. The molecule has 1 unspecified atom stereocenters. The quantitative estimate of drug-likeness (QED) is 0.329. The van der Waals surface area contributed by atoms with Crippen molar-refractivity contribution in [2.75, 3.05) is 13.2 Å². The third-order valence-corrected chi connectivity index (χ3v) is 4.50. The van der Waals surface area contributed by atoms with Crippen LogP contribution < -0.4 is 15.4 Å². The highest BCUT2D eigenvalue weighted by atomic mass is 127. The maximum absolute atomic E-state index is 14.3. The lowest BCUT2D eigenvalue weighted by Gasteiger charge is -2.19. The molecule has 0 amide bonds. The first-order valence-electron chi connectivity index (χ1n) is 9.49. The number of halogens is 2. The molecule has 1 aliphatic rings. The van der Waals surface area contributed by atoms with Crippen LogP contribution in [0.3, 0.4) is 0 Å². The molecule has 1 fully saturated rings. The fourth-order valence-corrected chi connectivity index (χ4v) is 2.73. The van der Waals surface area contributed by atoms with E-state index < -0.39 is 0 Å². The summed E-state index contributed by atoms with van der Waals surface area (Å²) in [5.74, 6) is 1.29. The fraction of sp³-hybridized carbons (Fsp3) is 0.500. The minimum atomic E-state index is -0.320. The van der Waals surface area contributed by atoms with E-state index >= 15 is 0 Å². The van der Waals surface area contributed by atoms with Gasteiger partial charge in [0.25, 0.3) is 0 Å². The summed E-state index contributed by atoms with van der Waals surface area (Å²) in [5.41, 5.74) is 1.88. The van der Waals surface area contributed by atoms with E-state index in [0.29, 0.717) is 30.8 Å². The molecule has 6 nitrogen and oxygen atoms in total. The van der Waals surface area contributed by atoms with Crippen LogP contribution in [0.2, 0.25) is 0 Å². The molecule has 0 saturated heterocycles. The van der Waals surface area contributed by atoms with Crippen LogP contribution in [0.1, 0.15) is 43.9 Å². The average Bonchev–Trinajstić information content (AvgIpc) is 3.38. The summed E-state index contributed by atoms with van der Waals surface area (Å²) in [5, 5.41) is 10.7. The van der Waals surface area contributed by atoms with Crippen LogP contribution in [0, 0.1) is 11.7 Å². The maximum atomic E-state index is 14.3. The summed E-state index contributed by atoms with van der Waals surface area (Å²) in [6.07, 6.45) is 6.11. The third-order valence-electron chi connectivity index (χ3n) is 4.50. The number of hydrogen-bond donors (Lipinski definition) is 2. The van der Waals surface area contributed by atoms with Gasteiger partial charge in [-0.1, -0.05) is 6.07 Å². The molecule has 0 radical (unpaired) electrons. The Morgan fingerprint density at radius 1 is 1.43 bits per heavy atom. The fourth-order valence-electron chi connectivity index (χ4n) is 2.73. The minimum Gasteiger partial charge on any atom is -0.490 e. The molecule has 3 rings (SSSR count). The largest absolute Gasteiger partial charge is 0.490 e. The number of guanidine groups is 1. The van der Waals surface area contributed by atoms with E-state index in [9.17, 15) is 4.39 Å². The first-order chi connectivity index (χ1) is 13.0. The molecule has 28 heavy (non-hydrogen) atoms. The van der Waals surface area contributed by atoms with E-state index in [1.807, 2.05) is 33.2 Å². The topological polar surface area (TPSA) is 63.5 Å². The zero-order chi connectivity index (χ0) is 19.2. The van der Waals surface area contributed by atoms with E-state index in [1.54, 1.807) is 16.9 Å². The van der Waals surface area contributed by atoms with Gasteiger partial charge in [-0.25, -0.2) is 9.38 Å². The van der Waals surface area contributed by atoms with Gasteiger partial charge in [-0.15, -0.1) is 24.0 Å². The summed E-state index contributed by atoms with van der Waals surface area (Å²) in [6, 6.07) is 5.05. The van der Waals surface area contributed by atoms with E-state index in [4.69, 9.17) is 4.74 Å². The molecule has 154 valence electrons. The Bertz CT molecular complexity index is 791. The normalized spacial score (nSPS) is 14.9. The number of nitrogens with one attached hydrogen (secondary N) is 2. The SMILES string of the molecule is CCNC(=NCc1cnn(C)c1)NC(C)c1ccc(OCC2CC2)c(F)c1.I. The molecule has 2 aromatic rings. The molecule has 8 heteroatoms. The van der Waals surface area contributed by atoms with Gasteiger partial charge in [-0.05, 0) is 50.3 Å². The number of aryl methyl sites for hydroxylation is 1. The molecule has 1 heterocycles. The molecule has 1 aliphatic carbocycles. The molecule has 1 aromatic heterocycles. The summed E-state index contributed by atoms with van der Waals surface area (Å²) < 4.78 is 21.6. The molecule has 1 atom stereocenters. The highest BCUT2D eigenvalue weighted by Crippen LogP contribution is 2.30. The number of aliphatic imine (C=N–C) groups is 1. The molecule has 2 N–H and O–H groups in total. The lowest BCUT2D eigenvalue weighted by atomic mass is 10.1. The zero-order valence-electron chi connectivity index (χ0n) is 16.6. The highest BCUT2D eigenvalue weighted by molar-refractivity contribution is 14.0. The zero-order valence-corrected chi connectivity index (χ0v) is 18.9. The number of benzene rings is 1. The Morgan fingerprint density at radius 3 is 2.82 bits per heavy atom. The van der Waals surface area contributed by atoms with E-state index in [2.05, 4.69) is 20.7 Å². The van der Waals surface area contributed by atoms with Crippen molar-refractivity contribution in [1.29, 1.82) is 0 Å². The van der Waals surface area contributed by atoms with Crippen LogP contribution in [-0.4, -0.2) is 28.9 Å². The lowest BCUT2D eigenvalue weighted by Crippen LogP contribution is -2.38. The Hall–Kier alpha value is -1.84. The maximum Gasteiger partial charge on any atom is 0.192 e. The van der Waals surface area contributed by atoms with Crippen molar-refractivity contribution in [3.63, 3.8) is 0 Å². The highest BCUT2D eigenvalue weighted by Gasteiger charge is 2.22. The van der Waals surface area contributed by atoms with Crippen molar-refractivity contribution in [1.82, 2.24) is 20.4 Å². The third kappa shape index (κ3) is 6.65. The molecular formula is C20H29FIN5O. The van der Waals surface area contributed by atoms with Gasteiger partial charge in [-0.3, -0.25) is 4.68 Å². The Morgan fingerprint density at radius 2 is 2.21 bits per heavy atom. The van der Waals surface area contributed by atoms with Gasteiger partial charge in [0.1, 0.15) is 0 Å². The van der Waals surface area contributed by atoms with Gasteiger partial charge in [0, 0.05) is 25.4 Å². The number of hydrogen-bond acceptors (Lipinski definition) is 3. The van der Waals surface area contributed by atoms with Gasteiger partial charge in [0.2, 0.25) is 0 Å². The van der Waals surface area contributed by atoms with Crippen LogP contribution >= 0.6 is 24.0 Å². The molecule has 1 aromatic carbocycles. The van der Waals surface area contributed by atoms with Crippen molar-refractivity contribution in [3.8, 4) is 5.75 Å². The molecule has 0 bridgehead atoms. The van der Waals surface area contributed by atoms with E-state index in [1.165, 1.54) is 18.9 Å². The van der Waals surface area contributed by atoms with Gasteiger partial charge < -0.3 is 15.4 Å². The summed E-state index contributed by atoms with van der Waals surface area (Å²) in [7, 11) is 1.88. The summed E-state index contributed by atoms with van der Waals surface area (Å²) >= 11 is 0. The smallest absolute Gasteiger partial charge is 0.192 e.